The van der Waals surface area contributed by atoms with Crippen molar-refractivity contribution in [3.05, 3.63) is 35.4 Å². The molecule has 0 radical (unpaired) electrons. The van der Waals surface area contributed by atoms with Crippen LogP contribution in [0.1, 0.15) is 80.0 Å². The van der Waals surface area contributed by atoms with Crippen molar-refractivity contribution in [3.63, 3.8) is 0 Å². The molecule has 0 N–H and O–H groups in total. The largest absolute Gasteiger partial charge is 0.338 e. The third-order valence-corrected chi connectivity index (χ3v) is 7.34. The van der Waals surface area contributed by atoms with Crippen LogP contribution in [0.4, 0.5) is 0 Å². The Balaban J connectivity index is 1.58. The lowest BCUT2D eigenvalue weighted by molar-refractivity contribution is -0.152. The van der Waals surface area contributed by atoms with Gasteiger partial charge in [-0.3, -0.25) is 14.4 Å². The molecule has 5 heteroatoms. The first-order valence-corrected chi connectivity index (χ1v) is 11.6. The van der Waals surface area contributed by atoms with Crippen LogP contribution in [0.3, 0.4) is 0 Å². The summed E-state index contributed by atoms with van der Waals surface area (Å²) in [5.41, 5.74) is 1.18. The van der Waals surface area contributed by atoms with E-state index in [4.69, 9.17) is 0 Å². The number of fused-ring (bicyclic) bond motifs is 4. The molecule has 3 heterocycles. The second kappa shape index (κ2) is 8.52. The maximum atomic E-state index is 13.3. The number of ketones is 1. The number of benzene rings is 1. The molecule has 3 fully saturated rings. The van der Waals surface area contributed by atoms with Crippen molar-refractivity contribution in [2.24, 2.45) is 17.8 Å². The summed E-state index contributed by atoms with van der Waals surface area (Å²) in [6.45, 7) is 7.42. The second-order valence-corrected chi connectivity index (χ2v) is 9.90. The van der Waals surface area contributed by atoms with Crippen LogP contribution in [0, 0.1) is 17.8 Å². The van der Waals surface area contributed by atoms with Gasteiger partial charge in [-0.1, -0.05) is 26.0 Å². The molecule has 0 aliphatic carbocycles. The van der Waals surface area contributed by atoms with Crippen LogP contribution in [0.15, 0.2) is 24.3 Å². The molecule has 2 bridgehead atoms. The number of carbonyl (C=O) groups is 3. The zero-order valence-corrected chi connectivity index (χ0v) is 18.5. The van der Waals surface area contributed by atoms with E-state index in [1.165, 1.54) is 6.92 Å². The molecule has 0 aromatic heterocycles. The number of carbonyl (C=O) groups excluding carboxylic acids is 3. The molecular formula is C25H34N2O3. The van der Waals surface area contributed by atoms with Gasteiger partial charge in [-0.25, -0.2) is 0 Å². The summed E-state index contributed by atoms with van der Waals surface area (Å²) in [5, 5.41) is 0. The highest BCUT2D eigenvalue weighted by atomic mass is 16.2. The maximum absolute atomic E-state index is 13.3. The lowest BCUT2D eigenvalue weighted by atomic mass is 9.70. The molecule has 1 aromatic carbocycles. The minimum absolute atomic E-state index is 0.0194. The van der Waals surface area contributed by atoms with E-state index in [1.54, 1.807) is 18.2 Å². The van der Waals surface area contributed by atoms with E-state index in [-0.39, 0.29) is 23.8 Å². The Morgan fingerprint density at radius 3 is 2.60 bits per heavy atom. The fraction of sp³-hybridized carbons (Fsp3) is 0.640. The summed E-state index contributed by atoms with van der Waals surface area (Å²) in [4.78, 5) is 42.2. The molecule has 3 aliphatic heterocycles. The van der Waals surface area contributed by atoms with Gasteiger partial charge in [0.05, 0.1) is 0 Å². The Kier molecular flexibility index (Phi) is 5.99. The summed E-state index contributed by atoms with van der Waals surface area (Å²) in [6.07, 6.45) is 5.95. The number of hydrogen-bond acceptors (Lipinski definition) is 3. The topological polar surface area (TPSA) is 57.7 Å². The maximum Gasteiger partial charge on any atom is 0.253 e. The van der Waals surface area contributed by atoms with Crippen molar-refractivity contribution in [2.45, 2.75) is 71.4 Å². The highest BCUT2D eigenvalue weighted by molar-refractivity contribution is 5.99. The minimum atomic E-state index is -0.0229. The van der Waals surface area contributed by atoms with Crippen LogP contribution >= 0.6 is 0 Å². The van der Waals surface area contributed by atoms with E-state index in [0.29, 0.717) is 54.3 Å². The van der Waals surface area contributed by atoms with Gasteiger partial charge in [0, 0.05) is 42.7 Å². The van der Waals surface area contributed by atoms with Crippen molar-refractivity contribution < 1.29 is 14.4 Å². The summed E-state index contributed by atoms with van der Waals surface area (Å²) in [5.74, 6) is 1.64. The number of amides is 2. The van der Waals surface area contributed by atoms with Gasteiger partial charge < -0.3 is 9.80 Å². The van der Waals surface area contributed by atoms with E-state index < -0.39 is 0 Å². The Morgan fingerprint density at radius 2 is 1.87 bits per heavy atom. The number of nitrogens with zero attached hydrogens (tertiary/aromatic N) is 2. The SMILES string of the molecule is CC(=O)c1cccc(C(=O)N2C[C@H]3C[C@@H](C2)[C@H](CCC(C)C)N2C(=O)CCC[C@@H]32)c1. The highest BCUT2D eigenvalue weighted by Crippen LogP contribution is 2.43. The van der Waals surface area contributed by atoms with Crippen LogP contribution in [-0.4, -0.2) is 52.6 Å². The number of hydrogen-bond donors (Lipinski definition) is 0. The molecule has 3 aliphatic rings. The average Bonchev–Trinajstić information content (AvgIpc) is 2.73. The first-order chi connectivity index (χ1) is 14.3. The predicted molar refractivity (Wildman–Crippen MR) is 116 cm³/mol. The van der Waals surface area contributed by atoms with Gasteiger partial charge in [-0.05, 0) is 68.9 Å². The van der Waals surface area contributed by atoms with Crippen molar-refractivity contribution in [1.29, 1.82) is 0 Å². The molecule has 0 unspecified atom stereocenters. The standard InChI is InChI=1S/C25H34N2O3/c1-16(2)10-11-23-21-13-20(22-8-5-9-24(29)27(22)23)14-26(15-21)25(30)19-7-4-6-18(12-19)17(3)28/h4,6-7,12,16,20-23H,5,8-11,13-15H2,1-3H3/t20-,21+,22+,23+/m1/s1. The third kappa shape index (κ3) is 4.03. The van der Waals surface area contributed by atoms with Gasteiger partial charge in [-0.15, -0.1) is 0 Å². The van der Waals surface area contributed by atoms with Crippen LogP contribution in [-0.2, 0) is 4.79 Å². The van der Waals surface area contributed by atoms with E-state index in [0.717, 1.165) is 32.1 Å². The van der Waals surface area contributed by atoms with Crippen molar-refractivity contribution in [2.75, 3.05) is 13.1 Å². The molecule has 0 spiro atoms. The number of piperidine rings is 3. The smallest absolute Gasteiger partial charge is 0.253 e. The lowest BCUT2D eigenvalue weighted by Crippen LogP contribution is -2.65. The quantitative estimate of drug-likeness (QED) is 0.685. The van der Waals surface area contributed by atoms with Crippen molar-refractivity contribution in [1.82, 2.24) is 9.80 Å². The zero-order valence-electron chi connectivity index (χ0n) is 18.5. The van der Waals surface area contributed by atoms with Gasteiger partial charge in [-0.2, -0.15) is 0 Å². The Labute approximate surface area is 179 Å². The van der Waals surface area contributed by atoms with Crippen molar-refractivity contribution in [3.8, 4) is 0 Å². The summed E-state index contributed by atoms with van der Waals surface area (Å²) < 4.78 is 0. The summed E-state index contributed by atoms with van der Waals surface area (Å²) >= 11 is 0. The molecule has 162 valence electrons. The highest BCUT2D eigenvalue weighted by Gasteiger charge is 2.49. The van der Waals surface area contributed by atoms with Crippen LogP contribution in [0.2, 0.25) is 0 Å². The molecule has 30 heavy (non-hydrogen) atoms. The third-order valence-electron chi connectivity index (χ3n) is 7.34. The molecule has 1 aromatic rings. The molecular weight excluding hydrogens is 376 g/mol. The molecule has 4 atom stereocenters. The molecule has 3 saturated heterocycles. The summed E-state index contributed by atoms with van der Waals surface area (Å²) in [7, 11) is 0. The van der Waals surface area contributed by atoms with Crippen molar-refractivity contribution >= 4 is 17.6 Å². The van der Waals surface area contributed by atoms with Gasteiger partial charge in [0.1, 0.15) is 0 Å². The van der Waals surface area contributed by atoms with Crippen LogP contribution in [0.25, 0.3) is 0 Å². The molecule has 4 rings (SSSR count). The van der Waals surface area contributed by atoms with Crippen LogP contribution < -0.4 is 0 Å². The normalized spacial score (nSPS) is 28.5. The first kappa shape index (κ1) is 21.1. The Bertz CT molecular complexity index is 833. The Morgan fingerprint density at radius 1 is 1.13 bits per heavy atom. The van der Waals surface area contributed by atoms with E-state index in [1.807, 2.05) is 11.0 Å². The van der Waals surface area contributed by atoms with E-state index in [2.05, 4.69) is 18.7 Å². The second-order valence-electron chi connectivity index (χ2n) is 9.90. The monoisotopic (exact) mass is 410 g/mol. The van der Waals surface area contributed by atoms with E-state index in [9.17, 15) is 14.4 Å². The lowest BCUT2D eigenvalue weighted by Gasteiger charge is -2.57. The number of likely N-dealkylation sites (tertiary alicyclic amines) is 1. The van der Waals surface area contributed by atoms with Gasteiger partial charge >= 0.3 is 0 Å². The minimum Gasteiger partial charge on any atom is -0.338 e. The molecule has 2 amide bonds. The predicted octanol–water partition coefficient (Wildman–Crippen LogP) is 4.17. The first-order valence-electron chi connectivity index (χ1n) is 11.6. The zero-order chi connectivity index (χ0) is 21.4. The fourth-order valence-corrected chi connectivity index (χ4v) is 5.87. The van der Waals surface area contributed by atoms with Gasteiger partial charge in [0.15, 0.2) is 5.78 Å². The van der Waals surface area contributed by atoms with Gasteiger partial charge in [0.25, 0.3) is 5.91 Å². The number of rotatable bonds is 5. The average molecular weight is 411 g/mol. The number of Topliss-reactive ketones (excluding diaryl/α,β-unsaturated/α-hetero) is 1. The molecule has 0 saturated carbocycles. The van der Waals surface area contributed by atoms with E-state index >= 15 is 0 Å². The summed E-state index contributed by atoms with van der Waals surface area (Å²) in [6, 6.07) is 7.62. The Hall–Kier alpha value is -2.17. The van der Waals surface area contributed by atoms with Crippen LogP contribution in [0.5, 0.6) is 0 Å². The molecule has 5 nitrogen and oxygen atoms in total. The van der Waals surface area contributed by atoms with Gasteiger partial charge in [0.2, 0.25) is 5.91 Å². The fourth-order valence-electron chi connectivity index (χ4n) is 5.87.